The average Bonchev–Trinajstić information content (AvgIpc) is 3.06. The molecule has 3 aromatic rings. The molecule has 1 saturated carbocycles. The molecule has 1 amide bonds. The number of hydrogen-bond acceptors (Lipinski definition) is 3. The number of amides is 1. The number of aromatic nitrogens is 2. The molecular formula is C21H19Cl2F2N3O2. The van der Waals surface area contributed by atoms with Gasteiger partial charge in [-0.15, -0.1) is 0 Å². The molecule has 0 radical (unpaired) electrons. The Kier molecular flexibility index (Phi) is 5.70. The van der Waals surface area contributed by atoms with Crippen molar-refractivity contribution in [3.8, 4) is 0 Å². The summed E-state index contributed by atoms with van der Waals surface area (Å²) in [5.74, 6) is -1.29. The van der Waals surface area contributed by atoms with Crippen LogP contribution in [0.25, 0.3) is 5.65 Å². The van der Waals surface area contributed by atoms with Gasteiger partial charge in [0.25, 0.3) is 5.91 Å². The Balaban J connectivity index is 1.75. The van der Waals surface area contributed by atoms with Crippen molar-refractivity contribution in [1.82, 2.24) is 14.7 Å². The fourth-order valence-electron chi connectivity index (χ4n) is 3.99. The van der Waals surface area contributed by atoms with E-state index >= 15 is 0 Å². The first-order valence-corrected chi connectivity index (χ1v) is 10.3. The first-order chi connectivity index (χ1) is 14.3. The molecule has 1 unspecified atom stereocenters. The first kappa shape index (κ1) is 21.0. The zero-order chi connectivity index (χ0) is 21.5. The van der Waals surface area contributed by atoms with Gasteiger partial charge in [0.1, 0.15) is 17.6 Å². The molecule has 4 rings (SSSR count). The van der Waals surface area contributed by atoms with E-state index in [9.17, 15) is 18.7 Å². The predicted molar refractivity (Wildman–Crippen MR) is 110 cm³/mol. The highest BCUT2D eigenvalue weighted by Crippen LogP contribution is 2.42. The molecule has 0 saturated heterocycles. The highest BCUT2D eigenvalue weighted by Gasteiger charge is 2.43. The second-order valence-electron chi connectivity index (χ2n) is 7.51. The molecule has 5 nitrogen and oxygen atoms in total. The van der Waals surface area contributed by atoms with Crippen LogP contribution in [0.2, 0.25) is 10.2 Å². The topological polar surface area (TPSA) is 66.6 Å². The summed E-state index contributed by atoms with van der Waals surface area (Å²) >= 11 is 12.4. The fourth-order valence-corrected chi connectivity index (χ4v) is 4.48. The SMILES string of the molecule is O=C(NC(c1cccc(F)c1Cl)C1(O)CCC(F)CC1)c1c(Cl)nc2ccccn12. The van der Waals surface area contributed by atoms with Gasteiger partial charge in [-0.05, 0) is 49.4 Å². The Hall–Kier alpha value is -2.22. The minimum absolute atomic E-state index is 0.0118. The molecule has 1 aliphatic rings. The van der Waals surface area contributed by atoms with Gasteiger partial charge >= 0.3 is 0 Å². The Bertz CT molecular complexity index is 1100. The Morgan fingerprint density at radius 1 is 1.23 bits per heavy atom. The smallest absolute Gasteiger partial charge is 0.272 e. The van der Waals surface area contributed by atoms with Crippen molar-refractivity contribution in [3.05, 3.63) is 69.8 Å². The third-order valence-electron chi connectivity index (χ3n) is 5.59. The van der Waals surface area contributed by atoms with Crippen molar-refractivity contribution >= 4 is 34.8 Å². The number of halogens is 4. The average molecular weight is 454 g/mol. The van der Waals surface area contributed by atoms with Crippen molar-refractivity contribution < 1.29 is 18.7 Å². The second-order valence-corrected chi connectivity index (χ2v) is 8.24. The maximum absolute atomic E-state index is 14.2. The van der Waals surface area contributed by atoms with Crippen LogP contribution >= 0.6 is 23.2 Å². The van der Waals surface area contributed by atoms with Crippen LogP contribution < -0.4 is 5.32 Å². The molecule has 9 heteroatoms. The highest BCUT2D eigenvalue weighted by molar-refractivity contribution is 6.33. The first-order valence-electron chi connectivity index (χ1n) is 9.54. The molecule has 2 aromatic heterocycles. The quantitative estimate of drug-likeness (QED) is 0.590. The zero-order valence-corrected chi connectivity index (χ0v) is 17.3. The number of nitrogens with one attached hydrogen (secondary N) is 1. The van der Waals surface area contributed by atoms with Crippen molar-refractivity contribution in [2.75, 3.05) is 0 Å². The molecule has 1 fully saturated rings. The van der Waals surface area contributed by atoms with Crippen LogP contribution in [-0.4, -0.2) is 32.2 Å². The number of nitrogens with zero attached hydrogens (tertiary/aromatic N) is 2. The van der Waals surface area contributed by atoms with Crippen LogP contribution in [0.15, 0.2) is 42.6 Å². The van der Waals surface area contributed by atoms with Crippen molar-refractivity contribution in [2.45, 2.75) is 43.5 Å². The second kappa shape index (κ2) is 8.13. The molecule has 1 aromatic carbocycles. The van der Waals surface area contributed by atoms with E-state index in [4.69, 9.17) is 23.2 Å². The molecule has 30 heavy (non-hydrogen) atoms. The maximum Gasteiger partial charge on any atom is 0.272 e. The zero-order valence-electron chi connectivity index (χ0n) is 15.8. The molecular weight excluding hydrogens is 435 g/mol. The lowest BCUT2D eigenvalue weighted by Gasteiger charge is -2.41. The number of aliphatic hydroxyl groups is 1. The lowest BCUT2D eigenvalue weighted by molar-refractivity contribution is -0.0446. The minimum atomic E-state index is -1.50. The van der Waals surface area contributed by atoms with Gasteiger partial charge in [-0.2, -0.15) is 0 Å². The van der Waals surface area contributed by atoms with Gasteiger partial charge in [-0.3, -0.25) is 9.20 Å². The minimum Gasteiger partial charge on any atom is -0.387 e. The van der Waals surface area contributed by atoms with E-state index in [1.54, 1.807) is 24.4 Å². The molecule has 0 aliphatic heterocycles. The van der Waals surface area contributed by atoms with E-state index in [0.717, 1.165) is 0 Å². The largest absolute Gasteiger partial charge is 0.387 e. The van der Waals surface area contributed by atoms with E-state index in [-0.39, 0.29) is 47.1 Å². The van der Waals surface area contributed by atoms with E-state index in [1.165, 1.54) is 22.6 Å². The number of alkyl halides is 1. The number of fused-ring (bicyclic) bond motifs is 1. The molecule has 0 bridgehead atoms. The van der Waals surface area contributed by atoms with E-state index in [2.05, 4.69) is 10.3 Å². The Labute approximate surface area is 181 Å². The molecule has 2 heterocycles. The van der Waals surface area contributed by atoms with Gasteiger partial charge in [-0.25, -0.2) is 13.8 Å². The summed E-state index contributed by atoms with van der Waals surface area (Å²) in [6.07, 6.45) is 1.05. The summed E-state index contributed by atoms with van der Waals surface area (Å²) in [6.45, 7) is 0. The fraction of sp³-hybridized carbons (Fsp3) is 0.333. The van der Waals surface area contributed by atoms with Gasteiger partial charge in [0.2, 0.25) is 0 Å². The number of pyridine rings is 1. The van der Waals surface area contributed by atoms with Crippen LogP contribution in [0.1, 0.15) is 47.8 Å². The van der Waals surface area contributed by atoms with Gasteiger partial charge in [0.05, 0.1) is 16.7 Å². The van der Waals surface area contributed by atoms with Crippen LogP contribution in [-0.2, 0) is 0 Å². The third kappa shape index (κ3) is 3.77. The van der Waals surface area contributed by atoms with Crippen molar-refractivity contribution in [1.29, 1.82) is 0 Å². The number of hydrogen-bond donors (Lipinski definition) is 2. The number of carbonyl (C=O) groups is 1. The molecule has 158 valence electrons. The normalized spacial score (nSPS) is 22.8. The van der Waals surface area contributed by atoms with Crippen molar-refractivity contribution in [3.63, 3.8) is 0 Å². The summed E-state index contributed by atoms with van der Waals surface area (Å²) in [4.78, 5) is 17.3. The lowest BCUT2D eigenvalue weighted by atomic mass is 9.76. The van der Waals surface area contributed by atoms with E-state index < -0.39 is 29.5 Å². The Morgan fingerprint density at radius 3 is 2.70 bits per heavy atom. The van der Waals surface area contributed by atoms with Crippen LogP contribution in [0.5, 0.6) is 0 Å². The van der Waals surface area contributed by atoms with Crippen LogP contribution in [0.4, 0.5) is 8.78 Å². The summed E-state index contributed by atoms with van der Waals surface area (Å²) in [7, 11) is 0. The van der Waals surface area contributed by atoms with E-state index in [0.29, 0.717) is 5.65 Å². The van der Waals surface area contributed by atoms with Crippen LogP contribution in [0.3, 0.4) is 0 Å². The summed E-state index contributed by atoms with van der Waals surface area (Å²) in [5.41, 5.74) is -0.727. The third-order valence-corrected chi connectivity index (χ3v) is 6.25. The Morgan fingerprint density at radius 2 is 1.97 bits per heavy atom. The molecule has 2 N–H and O–H groups in total. The van der Waals surface area contributed by atoms with Crippen molar-refractivity contribution in [2.24, 2.45) is 0 Å². The highest BCUT2D eigenvalue weighted by atomic mass is 35.5. The monoisotopic (exact) mass is 453 g/mol. The summed E-state index contributed by atoms with van der Waals surface area (Å²) in [6, 6.07) is 8.28. The molecule has 0 spiro atoms. The van der Waals surface area contributed by atoms with E-state index in [1.807, 2.05) is 0 Å². The predicted octanol–water partition coefficient (Wildman–Crippen LogP) is 4.89. The lowest BCUT2D eigenvalue weighted by Crippen LogP contribution is -2.49. The number of carbonyl (C=O) groups excluding carboxylic acids is 1. The summed E-state index contributed by atoms with van der Waals surface area (Å²) < 4.78 is 29.4. The van der Waals surface area contributed by atoms with Gasteiger partial charge in [-0.1, -0.05) is 41.4 Å². The molecule has 1 atom stereocenters. The van der Waals surface area contributed by atoms with Gasteiger partial charge in [0, 0.05) is 6.20 Å². The number of imidazole rings is 1. The van der Waals surface area contributed by atoms with Gasteiger partial charge < -0.3 is 10.4 Å². The molecule has 1 aliphatic carbocycles. The number of rotatable bonds is 4. The summed E-state index contributed by atoms with van der Waals surface area (Å²) in [5, 5.41) is 13.9. The standard InChI is InChI=1S/C21H19Cl2F2N3O2/c22-16-13(4-3-5-14(16)25)18(21(30)9-7-12(24)8-10-21)27-20(29)17-19(23)26-15-6-1-2-11-28(15)17/h1-6,11-12,18,30H,7-10H2,(H,27,29). The van der Waals surface area contributed by atoms with Crippen LogP contribution in [0, 0.1) is 5.82 Å². The van der Waals surface area contributed by atoms with Gasteiger partial charge in [0.15, 0.2) is 10.8 Å². The maximum atomic E-state index is 14.2. The number of benzene rings is 1.